The lowest BCUT2D eigenvalue weighted by Gasteiger charge is -2.32. The summed E-state index contributed by atoms with van der Waals surface area (Å²) >= 11 is 12.0. The number of rotatable bonds is 5. The minimum atomic E-state index is -0.0624. The van der Waals surface area contributed by atoms with E-state index >= 15 is 0 Å². The van der Waals surface area contributed by atoms with E-state index < -0.39 is 0 Å². The van der Waals surface area contributed by atoms with Gasteiger partial charge in [-0.1, -0.05) is 23.2 Å². The molecule has 4 nitrogen and oxygen atoms in total. The highest BCUT2D eigenvalue weighted by Crippen LogP contribution is 2.25. The van der Waals surface area contributed by atoms with Gasteiger partial charge < -0.3 is 11.1 Å². The number of nitrogens with one attached hydrogen (secondary N) is 1. The summed E-state index contributed by atoms with van der Waals surface area (Å²) in [6.45, 7) is 2.98. The Morgan fingerprint density at radius 2 is 2.24 bits per heavy atom. The van der Waals surface area contributed by atoms with E-state index in [1.807, 2.05) is 0 Å². The fourth-order valence-electron chi connectivity index (χ4n) is 2.75. The normalized spacial score (nSPS) is 19.5. The fraction of sp³-hybridized carbons (Fsp3) is 0.533. The molecule has 1 fully saturated rings. The highest BCUT2D eigenvalue weighted by atomic mass is 35.5. The molecule has 3 N–H and O–H groups in total. The largest absolute Gasteiger partial charge is 0.330 e. The van der Waals surface area contributed by atoms with Crippen LogP contribution < -0.4 is 11.1 Å². The van der Waals surface area contributed by atoms with Gasteiger partial charge in [0.15, 0.2) is 0 Å². The van der Waals surface area contributed by atoms with Crippen molar-refractivity contribution in [3.8, 4) is 0 Å². The molecule has 1 saturated heterocycles. The van der Waals surface area contributed by atoms with Crippen molar-refractivity contribution < 1.29 is 4.79 Å². The summed E-state index contributed by atoms with van der Waals surface area (Å²) in [6.07, 6.45) is 3.35. The van der Waals surface area contributed by atoms with Crippen LogP contribution in [0.1, 0.15) is 19.3 Å². The SMILES string of the molecule is NCCC1CCCN(CC(=O)Nc2cc(Cl)ccc2Cl)C1. The number of carbonyl (C=O) groups excluding carboxylic acids is 1. The Morgan fingerprint density at radius 3 is 3.00 bits per heavy atom. The van der Waals surface area contributed by atoms with Crippen LogP contribution in [0.5, 0.6) is 0 Å². The molecule has 1 atom stereocenters. The fourth-order valence-corrected chi connectivity index (χ4v) is 3.09. The Bertz CT molecular complexity index is 494. The third kappa shape index (κ3) is 5.15. The molecule has 21 heavy (non-hydrogen) atoms. The van der Waals surface area contributed by atoms with E-state index in [-0.39, 0.29) is 5.91 Å². The monoisotopic (exact) mass is 329 g/mol. The molecule has 0 spiro atoms. The van der Waals surface area contributed by atoms with Gasteiger partial charge in [-0.2, -0.15) is 0 Å². The van der Waals surface area contributed by atoms with E-state index in [9.17, 15) is 4.79 Å². The number of halogens is 2. The maximum Gasteiger partial charge on any atom is 0.238 e. The van der Waals surface area contributed by atoms with E-state index in [0.29, 0.717) is 34.7 Å². The van der Waals surface area contributed by atoms with E-state index in [0.717, 1.165) is 25.9 Å². The smallest absolute Gasteiger partial charge is 0.238 e. The van der Waals surface area contributed by atoms with Gasteiger partial charge in [-0.25, -0.2) is 0 Å². The number of amides is 1. The number of nitrogens with zero attached hydrogens (tertiary/aromatic N) is 1. The molecular formula is C15H21Cl2N3O. The first-order chi connectivity index (χ1) is 10.1. The number of likely N-dealkylation sites (tertiary alicyclic amines) is 1. The van der Waals surface area contributed by atoms with Crippen molar-refractivity contribution in [2.75, 3.05) is 31.5 Å². The van der Waals surface area contributed by atoms with Crippen LogP contribution in [0.15, 0.2) is 18.2 Å². The Balaban J connectivity index is 1.88. The molecule has 2 rings (SSSR count). The zero-order valence-electron chi connectivity index (χ0n) is 11.9. The Morgan fingerprint density at radius 1 is 1.43 bits per heavy atom. The summed E-state index contributed by atoms with van der Waals surface area (Å²) in [5, 5.41) is 3.87. The Hall–Kier alpha value is -0.810. The van der Waals surface area contributed by atoms with Crippen LogP contribution in [0.4, 0.5) is 5.69 Å². The molecule has 1 aliphatic heterocycles. The lowest BCUT2D eigenvalue weighted by Crippen LogP contribution is -2.40. The number of hydrogen-bond acceptors (Lipinski definition) is 3. The summed E-state index contributed by atoms with van der Waals surface area (Å²) < 4.78 is 0. The lowest BCUT2D eigenvalue weighted by molar-refractivity contribution is -0.117. The van der Waals surface area contributed by atoms with E-state index in [1.54, 1.807) is 18.2 Å². The zero-order valence-corrected chi connectivity index (χ0v) is 13.5. The van der Waals surface area contributed by atoms with Gasteiger partial charge in [-0.3, -0.25) is 9.69 Å². The second kappa shape index (κ2) is 7.99. The van der Waals surface area contributed by atoms with Gasteiger partial charge in [-0.05, 0) is 56.5 Å². The molecule has 1 heterocycles. The van der Waals surface area contributed by atoms with Crippen molar-refractivity contribution in [2.45, 2.75) is 19.3 Å². The number of carbonyl (C=O) groups is 1. The average molecular weight is 330 g/mol. The quantitative estimate of drug-likeness (QED) is 0.873. The lowest BCUT2D eigenvalue weighted by atomic mass is 9.95. The van der Waals surface area contributed by atoms with Crippen LogP contribution in [-0.4, -0.2) is 37.0 Å². The molecule has 1 unspecified atom stereocenters. The molecule has 1 aromatic carbocycles. The first-order valence-electron chi connectivity index (χ1n) is 7.26. The van der Waals surface area contributed by atoms with Gasteiger partial charge in [0, 0.05) is 11.6 Å². The topological polar surface area (TPSA) is 58.4 Å². The number of piperidine rings is 1. The molecular weight excluding hydrogens is 309 g/mol. The molecule has 116 valence electrons. The van der Waals surface area contributed by atoms with E-state index in [2.05, 4.69) is 10.2 Å². The molecule has 1 aliphatic rings. The number of hydrogen-bond donors (Lipinski definition) is 2. The van der Waals surface area contributed by atoms with Crippen LogP contribution in [0.2, 0.25) is 10.0 Å². The van der Waals surface area contributed by atoms with Crippen LogP contribution in [0, 0.1) is 5.92 Å². The van der Waals surface area contributed by atoms with Crippen molar-refractivity contribution >= 4 is 34.8 Å². The summed E-state index contributed by atoms with van der Waals surface area (Å²) in [5.74, 6) is 0.541. The number of anilines is 1. The molecule has 0 saturated carbocycles. The van der Waals surface area contributed by atoms with E-state index in [4.69, 9.17) is 28.9 Å². The zero-order chi connectivity index (χ0) is 15.2. The molecule has 0 bridgehead atoms. The van der Waals surface area contributed by atoms with E-state index in [1.165, 1.54) is 6.42 Å². The maximum absolute atomic E-state index is 12.1. The Kier molecular flexibility index (Phi) is 6.30. The summed E-state index contributed by atoms with van der Waals surface area (Å²) in [7, 11) is 0. The predicted molar refractivity (Wildman–Crippen MR) is 87.9 cm³/mol. The van der Waals surface area contributed by atoms with Gasteiger partial charge in [0.2, 0.25) is 5.91 Å². The van der Waals surface area contributed by atoms with Crippen molar-refractivity contribution in [1.82, 2.24) is 4.90 Å². The number of benzene rings is 1. The Labute approximate surface area is 135 Å². The summed E-state index contributed by atoms with van der Waals surface area (Å²) in [5.41, 5.74) is 6.17. The van der Waals surface area contributed by atoms with Crippen LogP contribution in [0.25, 0.3) is 0 Å². The van der Waals surface area contributed by atoms with Crippen molar-refractivity contribution in [2.24, 2.45) is 11.7 Å². The minimum absolute atomic E-state index is 0.0624. The van der Waals surface area contributed by atoms with Gasteiger partial charge >= 0.3 is 0 Å². The third-order valence-corrected chi connectivity index (χ3v) is 4.31. The van der Waals surface area contributed by atoms with Crippen LogP contribution in [-0.2, 0) is 4.79 Å². The molecule has 6 heteroatoms. The first-order valence-corrected chi connectivity index (χ1v) is 8.01. The minimum Gasteiger partial charge on any atom is -0.330 e. The van der Waals surface area contributed by atoms with Crippen molar-refractivity contribution in [3.63, 3.8) is 0 Å². The van der Waals surface area contributed by atoms with Crippen LogP contribution >= 0.6 is 23.2 Å². The highest BCUT2D eigenvalue weighted by Gasteiger charge is 2.21. The summed E-state index contributed by atoms with van der Waals surface area (Å²) in [4.78, 5) is 14.3. The van der Waals surface area contributed by atoms with Gasteiger partial charge in [-0.15, -0.1) is 0 Å². The van der Waals surface area contributed by atoms with Gasteiger partial charge in [0.05, 0.1) is 17.3 Å². The average Bonchev–Trinajstić information content (AvgIpc) is 2.43. The number of nitrogens with two attached hydrogens (primary N) is 1. The second-order valence-corrected chi connectivity index (χ2v) is 6.34. The highest BCUT2D eigenvalue weighted by molar-refractivity contribution is 6.35. The standard InChI is InChI=1S/C15H21Cl2N3O/c16-12-3-4-13(17)14(8-12)19-15(21)10-20-7-1-2-11(9-20)5-6-18/h3-4,8,11H,1-2,5-7,9-10,18H2,(H,19,21). The third-order valence-electron chi connectivity index (χ3n) is 3.75. The van der Waals surface area contributed by atoms with Gasteiger partial charge in [0.1, 0.15) is 0 Å². The predicted octanol–water partition coefficient (Wildman–Crippen LogP) is 2.99. The first kappa shape index (κ1) is 16.6. The molecule has 0 aromatic heterocycles. The van der Waals surface area contributed by atoms with Crippen LogP contribution in [0.3, 0.4) is 0 Å². The maximum atomic E-state index is 12.1. The van der Waals surface area contributed by atoms with Gasteiger partial charge in [0.25, 0.3) is 0 Å². The second-order valence-electron chi connectivity index (χ2n) is 5.49. The summed E-state index contributed by atoms with van der Waals surface area (Å²) in [6, 6.07) is 5.04. The molecule has 0 radical (unpaired) electrons. The molecule has 0 aliphatic carbocycles. The van der Waals surface area contributed by atoms with Crippen molar-refractivity contribution in [3.05, 3.63) is 28.2 Å². The molecule has 1 amide bonds. The van der Waals surface area contributed by atoms with Crippen molar-refractivity contribution in [1.29, 1.82) is 0 Å². The molecule has 1 aromatic rings.